The molecular weight excluding hydrogens is 280 g/mol. The number of carbonyl (C=O) groups is 1. The molecule has 1 atom stereocenters. The van der Waals surface area contributed by atoms with Crippen molar-refractivity contribution in [2.45, 2.75) is 32.1 Å². The van der Waals surface area contributed by atoms with Gasteiger partial charge in [-0.2, -0.15) is 0 Å². The Morgan fingerprint density at radius 2 is 2.14 bits per heavy atom. The van der Waals surface area contributed by atoms with E-state index in [0.29, 0.717) is 17.5 Å². The van der Waals surface area contributed by atoms with Crippen LogP contribution in [0, 0.1) is 0 Å². The number of nitrogens with one attached hydrogen (secondary N) is 1. The van der Waals surface area contributed by atoms with Crippen LogP contribution in [0.3, 0.4) is 0 Å². The van der Waals surface area contributed by atoms with Crippen molar-refractivity contribution in [2.75, 3.05) is 12.3 Å². The summed E-state index contributed by atoms with van der Waals surface area (Å²) in [5, 5.41) is 3.54. The molecule has 0 radical (unpaired) electrons. The van der Waals surface area contributed by atoms with E-state index in [4.69, 9.17) is 5.73 Å². The molecule has 0 aliphatic heterocycles. The molecule has 1 aliphatic rings. The summed E-state index contributed by atoms with van der Waals surface area (Å²) < 4.78 is 0. The number of hydrogen-bond donors (Lipinski definition) is 2. The molecule has 1 unspecified atom stereocenters. The maximum Gasteiger partial charge on any atom is 0.254 e. The first kappa shape index (κ1) is 14.1. The lowest BCUT2D eigenvalue weighted by atomic mass is 9.83. The minimum Gasteiger partial charge on any atom is -0.390 e. The molecule has 21 heavy (non-hydrogen) atoms. The first-order valence-corrected chi connectivity index (χ1v) is 8.25. The molecule has 0 spiro atoms. The number of thiophene rings is 1. The molecule has 1 amide bonds. The quantitative estimate of drug-likeness (QED) is 0.913. The summed E-state index contributed by atoms with van der Waals surface area (Å²) in [6.07, 6.45) is 3.02. The third-order valence-electron chi connectivity index (χ3n) is 4.13. The Labute approximate surface area is 129 Å². The monoisotopic (exact) mass is 300 g/mol. The number of hydrogen-bond acceptors (Lipinski definition) is 3. The second kappa shape index (κ2) is 5.90. The third kappa shape index (κ3) is 2.68. The predicted molar refractivity (Wildman–Crippen MR) is 87.9 cm³/mol. The fraction of sp³-hybridized carbons (Fsp3) is 0.353. The lowest BCUT2D eigenvalue weighted by Gasteiger charge is -2.23. The highest BCUT2D eigenvalue weighted by Crippen LogP contribution is 2.41. The van der Waals surface area contributed by atoms with Crippen LogP contribution in [0.25, 0.3) is 0 Å². The summed E-state index contributed by atoms with van der Waals surface area (Å²) in [7, 11) is 0. The standard InChI is InChI=1S/C17H20N2OS/c1-2-19-17(20)15-13-9-8-12(10-14(13)21-16(15)18)11-6-4-3-5-7-11/h3-7,12H,2,8-10,18H2,1H3,(H,19,20). The second-order valence-electron chi connectivity index (χ2n) is 5.45. The topological polar surface area (TPSA) is 55.1 Å². The Kier molecular flexibility index (Phi) is 3.97. The highest BCUT2D eigenvalue weighted by Gasteiger charge is 2.28. The summed E-state index contributed by atoms with van der Waals surface area (Å²) in [6.45, 7) is 2.56. The number of anilines is 1. The maximum absolute atomic E-state index is 12.2. The first-order chi connectivity index (χ1) is 10.2. The molecule has 0 saturated heterocycles. The number of nitrogen functional groups attached to an aromatic ring is 1. The molecule has 1 aromatic carbocycles. The van der Waals surface area contributed by atoms with Crippen molar-refractivity contribution in [1.29, 1.82) is 0 Å². The van der Waals surface area contributed by atoms with E-state index in [0.717, 1.165) is 24.8 Å². The van der Waals surface area contributed by atoms with Gasteiger partial charge < -0.3 is 11.1 Å². The lowest BCUT2D eigenvalue weighted by molar-refractivity contribution is 0.0956. The zero-order chi connectivity index (χ0) is 14.8. The van der Waals surface area contributed by atoms with Crippen LogP contribution in [0.2, 0.25) is 0 Å². The van der Waals surface area contributed by atoms with Crippen molar-refractivity contribution >= 4 is 22.2 Å². The highest BCUT2D eigenvalue weighted by atomic mass is 32.1. The number of nitrogens with two attached hydrogens (primary N) is 1. The van der Waals surface area contributed by atoms with E-state index in [1.807, 2.05) is 13.0 Å². The van der Waals surface area contributed by atoms with Gasteiger partial charge in [0, 0.05) is 11.4 Å². The number of benzene rings is 1. The Morgan fingerprint density at radius 3 is 2.86 bits per heavy atom. The van der Waals surface area contributed by atoms with Crippen molar-refractivity contribution < 1.29 is 4.79 Å². The van der Waals surface area contributed by atoms with E-state index in [9.17, 15) is 4.79 Å². The molecule has 0 bridgehead atoms. The maximum atomic E-state index is 12.2. The Morgan fingerprint density at radius 1 is 1.38 bits per heavy atom. The van der Waals surface area contributed by atoms with E-state index < -0.39 is 0 Å². The smallest absolute Gasteiger partial charge is 0.254 e. The van der Waals surface area contributed by atoms with Gasteiger partial charge in [0.2, 0.25) is 0 Å². The minimum atomic E-state index is -0.0225. The zero-order valence-electron chi connectivity index (χ0n) is 12.2. The van der Waals surface area contributed by atoms with Crippen molar-refractivity contribution in [3.63, 3.8) is 0 Å². The van der Waals surface area contributed by atoms with Gasteiger partial charge in [0.1, 0.15) is 0 Å². The van der Waals surface area contributed by atoms with Crippen LogP contribution < -0.4 is 11.1 Å². The van der Waals surface area contributed by atoms with E-state index in [1.165, 1.54) is 16.0 Å². The number of rotatable bonds is 3. The largest absolute Gasteiger partial charge is 0.390 e. The summed E-state index contributed by atoms with van der Waals surface area (Å²) in [6, 6.07) is 10.6. The number of amides is 1. The van der Waals surface area contributed by atoms with E-state index in [2.05, 4.69) is 29.6 Å². The highest BCUT2D eigenvalue weighted by molar-refractivity contribution is 7.16. The Bertz CT molecular complexity index is 648. The van der Waals surface area contributed by atoms with Gasteiger partial charge in [-0.15, -0.1) is 11.3 Å². The van der Waals surface area contributed by atoms with Crippen molar-refractivity contribution in [1.82, 2.24) is 5.32 Å². The van der Waals surface area contributed by atoms with Crippen LogP contribution in [0.15, 0.2) is 30.3 Å². The summed E-state index contributed by atoms with van der Waals surface area (Å²) in [5.74, 6) is 0.518. The Balaban J connectivity index is 1.88. The molecule has 3 rings (SSSR count). The van der Waals surface area contributed by atoms with Crippen LogP contribution in [-0.2, 0) is 12.8 Å². The molecule has 1 aromatic heterocycles. The Hall–Kier alpha value is -1.81. The van der Waals surface area contributed by atoms with Gasteiger partial charge in [-0.3, -0.25) is 4.79 Å². The molecule has 1 heterocycles. The average molecular weight is 300 g/mol. The van der Waals surface area contributed by atoms with Gasteiger partial charge in [-0.1, -0.05) is 30.3 Å². The molecule has 4 heteroatoms. The SMILES string of the molecule is CCNC(=O)c1c(N)sc2c1CCC(c1ccccc1)C2. The zero-order valence-corrected chi connectivity index (χ0v) is 13.0. The minimum absolute atomic E-state index is 0.0225. The summed E-state index contributed by atoms with van der Waals surface area (Å²) in [4.78, 5) is 13.5. The third-order valence-corrected chi connectivity index (χ3v) is 5.21. The van der Waals surface area contributed by atoms with Gasteiger partial charge in [0.15, 0.2) is 0 Å². The average Bonchev–Trinajstić information content (AvgIpc) is 2.83. The van der Waals surface area contributed by atoms with Crippen LogP contribution in [0.1, 0.15) is 45.6 Å². The molecule has 0 saturated carbocycles. The molecule has 2 aromatic rings. The molecular formula is C17H20N2OS. The van der Waals surface area contributed by atoms with Gasteiger partial charge in [-0.05, 0) is 43.2 Å². The number of carbonyl (C=O) groups excluding carboxylic acids is 1. The van der Waals surface area contributed by atoms with Crippen LogP contribution in [0.4, 0.5) is 5.00 Å². The molecule has 3 nitrogen and oxygen atoms in total. The van der Waals surface area contributed by atoms with Gasteiger partial charge in [0.25, 0.3) is 5.91 Å². The van der Waals surface area contributed by atoms with Crippen molar-refractivity contribution in [3.8, 4) is 0 Å². The van der Waals surface area contributed by atoms with Crippen LogP contribution in [-0.4, -0.2) is 12.5 Å². The van der Waals surface area contributed by atoms with Gasteiger partial charge >= 0.3 is 0 Å². The first-order valence-electron chi connectivity index (χ1n) is 7.43. The molecule has 1 aliphatic carbocycles. The van der Waals surface area contributed by atoms with Crippen molar-refractivity contribution in [3.05, 3.63) is 51.9 Å². The fourth-order valence-electron chi connectivity index (χ4n) is 3.11. The summed E-state index contributed by atoms with van der Waals surface area (Å²) >= 11 is 1.59. The van der Waals surface area contributed by atoms with Crippen molar-refractivity contribution in [2.24, 2.45) is 0 Å². The van der Waals surface area contributed by atoms with Gasteiger partial charge in [0.05, 0.1) is 10.6 Å². The lowest BCUT2D eigenvalue weighted by Crippen LogP contribution is -2.25. The van der Waals surface area contributed by atoms with Crippen LogP contribution in [0.5, 0.6) is 0 Å². The normalized spacial score (nSPS) is 17.3. The molecule has 3 N–H and O–H groups in total. The molecule has 110 valence electrons. The van der Waals surface area contributed by atoms with E-state index in [1.54, 1.807) is 11.3 Å². The molecule has 0 fully saturated rings. The van der Waals surface area contributed by atoms with Gasteiger partial charge in [-0.25, -0.2) is 0 Å². The van der Waals surface area contributed by atoms with Crippen LogP contribution >= 0.6 is 11.3 Å². The second-order valence-corrected chi connectivity index (χ2v) is 6.59. The predicted octanol–water partition coefficient (Wildman–Crippen LogP) is 3.35. The summed E-state index contributed by atoms with van der Waals surface area (Å²) in [5.41, 5.74) is 9.38. The van der Waals surface area contributed by atoms with E-state index >= 15 is 0 Å². The number of fused-ring (bicyclic) bond motifs is 1. The van der Waals surface area contributed by atoms with E-state index in [-0.39, 0.29) is 5.91 Å². The fourth-order valence-corrected chi connectivity index (χ4v) is 4.31.